The van der Waals surface area contributed by atoms with E-state index in [4.69, 9.17) is 10.8 Å². The predicted molar refractivity (Wildman–Crippen MR) is 37.2 cm³/mol. The fourth-order valence-electron chi connectivity index (χ4n) is 1.16. The van der Waals surface area contributed by atoms with Crippen LogP contribution in [0.1, 0.15) is 25.7 Å². The molecule has 0 spiro atoms. The van der Waals surface area contributed by atoms with Crippen LogP contribution in [0.2, 0.25) is 0 Å². The molecule has 3 nitrogen and oxygen atoms in total. The van der Waals surface area contributed by atoms with Gasteiger partial charge in [0.15, 0.2) is 0 Å². The first kappa shape index (κ1) is 7.54. The molecule has 1 aliphatic rings. The van der Waals surface area contributed by atoms with Crippen LogP contribution in [0.4, 0.5) is 0 Å². The summed E-state index contributed by atoms with van der Waals surface area (Å²) < 4.78 is 0. The molecule has 3 heteroatoms. The Bertz CT molecular complexity index is 132. The smallest absolute Gasteiger partial charge is 0.246 e. The molecule has 0 aromatic rings. The van der Waals surface area contributed by atoms with Crippen LogP contribution in [-0.2, 0) is 4.79 Å². The minimum Gasteiger partial charge on any atom is -0.383 e. The van der Waals surface area contributed by atoms with Crippen molar-refractivity contribution in [2.45, 2.75) is 31.8 Å². The fraction of sp³-hybridized carbons (Fsp3) is 0.857. The Morgan fingerprint density at radius 1 is 1.70 bits per heavy atom. The van der Waals surface area contributed by atoms with Gasteiger partial charge in [0, 0.05) is 0 Å². The summed E-state index contributed by atoms with van der Waals surface area (Å²) in [5, 5.41) is 8.99. The van der Waals surface area contributed by atoms with E-state index in [1.165, 1.54) is 6.42 Å². The van der Waals surface area contributed by atoms with Crippen molar-refractivity contribution >= 4 is 5.91 Å². The highest BCUT2D eigenvalue weighted by Gasteiger charge is 2.23. The van der Waals surface area contributed by atoms with Gasteiger partial charge in [-0.2, -0.15) is 0 Å². The van der Waals surface area contributed by atoms with Crippen molar-refractivity contribution in [1.29, 1.82) is 0 Å². The molecular weight excluding hydrogens is 130 g/mol. The quantitative estimate of drug-likeness (QED) is 0.585. The maximum Gasteiger partial charge on any atom is 0.246 e. The number of carbonyl (C=O) groups excluding carboxylic acids is 1. The molecule has 0 aromatic heterocycles. The van der Waals surface area contributed by atoms with Crippen molar-refractivity contribution in [3.05, 3.63) is 0 Å². The van der Waals surface area contributed by atoms with Crippen LogP contribution >= 0.6 is 0 Å². The number of nitrogens with two attached hydrogens (primary N) is 1. The number of primary amides is 1. The molecule has 0 bridgehead atoms. The van der Waals surface area contributed by atoms with E-state index in [0.717, 1.165) is 12.8 Å². The van der Waals surface area contributed by atoms with Crippen molar-refractivity contribution in [1.82, 2.24) is 0 Å². The Hall–Kier alpha value is -0.570. The monoisotopic (exact) mass is 143 g/mol. The predicted octanol–water partition coefficient (Wildman–Crippen LogP) is 0.0228. The first-order chi connectivity index (χ1) is 4.70. The van der Waals surface area contributed by atoms with Crippen LogP contribution in [0.15, 0.2) is 0 Å². The topological polar surface area (TPSA) is 63.3 Å². The molecule has 0 heterocycles. The summed E-state index contributed by atoms with van der Waals surface area (Å²) >= 11 is 0. The molecule has 0 aromatic carbocycles. The molecule has 10 heavy (non-hydrogen) atoms. The SMILES string of the molecule is NC(=O)C(O)CC1CCC1. The Kier molecular flexibility index (Phi) is 2.27. The van der Waals surface area contributed by atoms with Crippen LogP contribution < -0.4 is 5.73 Å². The molecular formula is C7H13NO2. The van der Waals surface area contributed by atoms with Gasteiger partial charge in [-0.1, -0.05) is 19.3 Å². The largest absolute Gasteiger partial charge is 0.383 e. The van der Waals surface area contributed by atoms with Gasteiger partial charge in [0.05, 0.1) is 0 Å². The summed E-state index contributed by atoms with van der Waals surface area (Å²) in [5.74, 6) is -0.0469. The maximum absolute atomic E-state index is 10.3. The number of aliphatic hydroxyl groups is 1. The molecule has 1 rings (SSSR count). The van der Waals surface area contributed by atoms with Gasteiger partial charge in [-0.25, -0.2) is 0 Å². The van der Waals surface area contributed by atoms with Crippen LogP contribution in [0, 0.1) is 5.92 Å². The maximum atomic E-state index is 10.3. The lowest BCUT2D eigenvalue weighted by atomic mass is 9.81. The lowest BCUT2D eigenvalue weighted by molar-refractivity contribution is -0.127. The number of aliphatic hydroxyl groups excluding tert-OH is 1. The second-order valence-corrected chi connectivity index (χ2v) is 2.95. The van der Waals surface area contributed by atoms with Gasteiger partial charge in [-0.05, 0) is 12.3 Å². The van der Waals surface area contributed by atoms with Crippen molar-refractivity contribution in [3.63, 3.8) is 0 Å². The molecule has 1 aliphatic carbocycles. The van der Waals surface area contributed by atoms with E-state index in [1.807, 2.05) is 0 Å². The summed E-state index contributed by atoms with van der Waals surface area (Å²) in [4.78, 5) is 10.3. The average molecular weight is 143 g/mol. The summed E-state index contributed by atoms with van der Waals surface area (Å²) in [6.45, 7) is 0. The first-order valence-corrected chi connectivity index (χ1v) is 3.67. The zero-order valence-corrected chi connectivity index (χ0v) is 5.92. The van der Waals surface area contributed by atoms with Crippen LogP contribution in [0.25, 0.3) is 0 Å². The molecule has 1 atom stereocenters. The second-order valence-electron chi connectivity index (χ2n) is 2.95. The van der Waals surface area contributed by atoms with E-state index in [0.29, 0.717) is 12.3 Å². The van der Waals surface area contributed by atoms with Gasteiger partial charge in [0.25, 0.3) is 0 Å². The summed E-state index contributed by atoms with van der Waals surface area (Å²) in [6, 6.07) is 0. The molecule has 1 unspecified atom stereocenters. The molecule has 1 amide bonds. The summed E-state index contributed by atoms with van der Waals surface area (Å²) in [7, 11) is 0. The zero-order chi connectivity index (χ0) is 7.56. The zero-order valence-electron chi connectivity index (χ0n) is 5.92. The number of rotatable bonds is 3. The average Bonchev–Trinajstić information content (AvgIpc) is 1.77. The van der Waals surface area contributed by atoms with Crippen molar-refractivity contribution < 1.29 is 9.90 Å². The second kappa shape index (κ2) is 3.01. The van der Waals surface area contributed by atoms with Gasteiger partial charge in [0.2, 0.25) is 5.91 Å². The lowest BCUT2D eigenvalue weighted by Crippen LogP contribution is -2.31. The van der Waals surface area contributed by atoms with Gasteiger partial charge in [-0.3, -0.25) is 4.79 Å². The van der Waals surface area contributed by atoms with E-state index in [-0.39, 0.29) is 0 Å². The number of carbonyl (C=O) groups is 1. The molecule has 1 saturated carbocycles. The number of hydrogen-bond donors (Lipinski definition) is 2. The van der Waals surface area contributed by atoms with E-state index in [9.17, 15) is 4.79 Å². The lowest BCUT2D eigenvalue weighted by Gasteiger charge is -2.26. The third kappa shape index (κ3) is 1.70. The third-order valence-corrected chi connectivity index (χ3v) is 2.11. The van der Waals surface area contributed by atoms with Crippen molar-refractivity contribution in [2.75, 3.05) is 0 Å². The Labute approximate surface area is 60.2 Å². The van der Waals surface area contributed by atoms with E-state index >= 15 is 0 Å². The minimum atomic E-state index is -0.912. The number of amides is 1. The first-order valence-electron chi connectivity index (χ1n) is 3.67. The van der Waals surface area contributed by atoms with Crippen LogP contribution in [-0.4, -0.2) is 17.1 Å². The minimum absolute atomic E-state index is 0.544. The van der Waals surface area contributed by atoms with Crippen molar-refractivity contribution in [2.24, 2.45) is 11.7 Å². The van der Waals surface area contributed by atoms with Gasteiger partial charge in [0.1, 0.15) is 6.10 Å². The van der Waals surface area contributed by atoms with E-state index in [2.05, 4.69) is 0 Å². The molecule has 0 aliphatic heterocycles. The van der Waals surface area contributed by atoms with Gasteiger partial charge < -0.3 is 10.8 Å². The van der Waals surface area contributed by atoms with E-state index in [1.54, 1.807) is 0 Å². The third-order valence-electron chi connectivity index (χ3n) is 2.11. The van der Waals surface area contributed by atoms with Gasteiger partial charge in [-0.15, -0.1) is 0 Å². The fourth-order valence-corrected chi connectivity index (χ4v) is 1.16. The van der Waals surface area contributed by atoms with Crippen LogP contribution in [0.3, 0.4) is 0 Å². The highest BCUT2D eigenvalue weighted by Crippen LogP contribution is 2.30. The van der Waals surface area contributed by atoms with E-state index < -0.39 is 12.0 Å². The standard InChI is InChI=1S/C7H13NO2/c8-7(10)6(9)4-5-2-1-3-5/h5-6,9H,1-4H2,(H2,8,10). The highest BCUT2D eigenvalue weighted by molar-refractivity contribution is 5.78. The molecule has 0 saturated heterocycles. The molecule has 3 N–H and O–H groups in total. The molecule has 0 radical (unpaired) electrons. The molecule has 1 fully saturated rings. The summed E-state index contributed by atoms with van der Waals surface area (Å²) in [6.07, 6.45) is 3.17. The van der Waals surface area contributed by atoms with Gasteiger partial charge >= 0.3 is 0 Å². The summed E-state index contributed by atoms with van der Waals surface area (Å²) in [5.41, 5.74) is 4.87. The Balaban J connectivity index is 2.16. The highest BCUT2D eigenvalue weighted by atomic mass is 16.3. The van der Waals surface area contributed by atoms with Crippen LogP contribution in [0.5, 0.6) is 0 Å². The normalized spacial score (nSPS) is 21.7. The van der Waals surface area contributed by atoms with Crippen molar-refractivity contribution in [3.8, 4) is 0 Å². The Morgan fingerprint density at radius 2 is 2.30 bits per heavy atom. The Morgan fingerprint density at radius 3 is 2.60 bits per heavy atom. The number of hydrogen-bond acceptors (Lipinski definition) is 2. The molecule has 58 valence electrons.